The van der Waals surface area contributed by atoms with Gasteiger partial charge in [0.1, 0.15) is 11.5 Å². The van der Waals surface area contributed by atoms with Crippen LogP contribution in [0.15, 0.2) is 48.5 Å². The van der Waals surface area contributed by atoms with Crippen molar-refractivity contribution in [1.29, 1.82) is 0 Å². The van der Waals surface area contributed by atoms with Gasteiger partial charge in [0.25, 0.3) is 0 Å². The quantitative estimate of drug-likeness (QED) is 0.752. The Morgan fingerprint density at radius 1 is 1.00 bits per heavy atom. The fourth-order valence-electron chi connectivity index (χ4n) is 2.30. The molecule has 0 unspecified atom stereocenters. The van der Waals surface area contributed by atoms with Crippen LogP contribution >= 0.6 is 0 Å². The van der Waals surface area contributed by atoms with Crippen LogP contribution in [0.2, 0.25) is 0 Å². The van der Waals surface area contributed by atoms with E-state index in [-0.39, 0.29) is 6.04 Å². The first-order valence-corrected chi connectivity index (χ1v) is 5.71. The van der Waals surface area contributed by atoms with Gasteiger partial charge in [-0.25, -0.2) is 0 Å². The average molecular weight is 238 g/mol. The molecule has 0 fully saturated rings. The zero-order chi connectivity index (χ0) is 12.5. The number of ether oxygens (including phenoxy) is 1. The topological polar surface area (TPSA) is 29.5 Å². The lowest BCUT2D eigenvalue weighted by Crippen LogP contribution is -2.25. The van der Waals surface area contributed by atoms with E-state index in [1.807, 2.05) is 48.5 Å². The third-order valence-corrected chi connectivity index (χ3v) is 3.11. The van der Waals surface area contributed by atoms with Crippen LogP contribution in [0.3, 0.4) is 0 Å². The van der Waals surface area contributed by atoms with Gasteiger partial charge in [0.15, 0.2) is 0 Å². The van der Waals surface area contributed by atoms with Gasteiger partial charge in [-0.05, 0) is 12.1 Å². The number of amides is 1. The third kappa shape index (κ3) is 1.56. The third-order valence-electron chi connectivity index (χ3n) is 3.11. The van der Waals surface area contributed by atoms with Crippen LogP contribution < -0.4 is 4.74 Å². The summed E-state index contributed by atoms with van der Waals surface area (Å²) in [5.41, 5.74) is 1.91. The maximum atomic E-state index is 11.0. The molecule has 0 bridgehead atoms. The van der Waals surface area contributed by atoms with Crippen molar-refractivity contribution < 1.29 is 9.53 Å². The second-order valence-electron chi connectivity index (χ2n) is 4.20. The van der Waals surface area contributed by atoms with Crippen molar-refractivity contribution in [3.05, 3.63) is 66.7 Å². The van der Waals surface area contributed by atoms with Gasteiger partial charge in [-0.2, -0.15) is 0 Å². The molecule has 1 amide bonds. The highest BCUT2D eigenvalue weighted by atomic mass is 16.5. The van der Waals surface area contributed by atoms with Crippen molar-refractivity contribution >= 4 is 6.41 Å². The highest BCUT2D eigenvalue weighted by Crippen LogP contribution is 2.44. The van der Waals surface area contributed by atoms with E-state index in [4.69, 9.17) is 4.74 Å². The predicted molar refractivity (Wildman–Crippen MR) is 68.1 cm³/mol. The Kier molecular flexibility index (Phi) is 2.52. The summed E-state index contributed by atoms with van der Waals surface area (Å²) in [6, 6.07) is 15.2. The number of rotatable bonds is 2. The van der Waals surface area contributed by atoms with E-state index in [0.717, 1.165) is 29.0 Å². The normalized spacial score (nSPS) is 13.2. The van der Waals surface area contributed by atoms with Crippen LogP contribution in [0.4, 0.5) is 0 Å². The SMILES string of the molecule is [CH2]N(C=O)C1c2ccccc2Oc2ccccc21. The van der Waals surface area contributed by atoms with E-state index < -0.39 is 0 Å². The first-order valence-electron chi connectivity index (χ1n) is 5.71. The van der Waals surface area contributed by atoms with Crippen molar-refractivity contribution in [2.24, 2.45) is 0 Å². The Morgan fingerprint density at radius 3 is 2.00 bits per heavy atom. The van der Waals surface area contributed by atoms with Crippen LogP contribution in [0, 0.1) is 7.05 Å². The van der Waals surface area contributed by atoms with Crippen LogP contribution in [-0.2, 0) is 4.79 Å². The summed E-state index contributed by atoms with van der Waals surface area (Å²) in [5.74, 6) is 1.55. The summed E-state index contributed by atoms with van der Waals surface area (Å²) in [6.45, 7) is 0. The summed E-state index contributed by atoms with van der Waals surface area (Å²) < 4.78 is 5.83. The lowest BCUT2D eigenvalue weighted by molar-refractivity contribution is -0.117. The molecule has 0 atom stereocenters. The van der Waals surface area contributed by atoms with E-state index in [0.29, 0.717) is 0 Å². The number of hydrogen-bond acceptors (Lipinski definition) is 2. The Bertz CT molecular complexity index is 549. The number of nitrogens with zero attached hydrogens (tertiary/aromatic N) is 1. The second kappa shape index (κ2) is 4.18. The minimum absolute atomic E-state index is 0.191. The van der Waals surface area contributed by atoms with Gasteiger partial charge in [0.05, 0.1) is 6.04 Å². The minimum atomic E-state index is -0.191. The molecule has 18 heavy (non-hydrogen) atoms. The summed E-state index contributed by atoms with van der Waals surface area (Å²) in [6.07, 6.45) is 0.740. The molecule has 1 heterocycles. The van der Waals surface area contributed by atoms with Gasteiger partial charge < -0.3 is 9.64 Å². The molecule has 3 heteroatoms. The van der Waals surface area contributed by atoms with Crippen LogP contribution in [0.5, 0.6) is 11.5 Å². The van der Waals surface area contributed by atoms with Crippen LogP contribution in [-0.4, -0.2) is 11.3 Å². The zero-order valence-electron chi connectivity index (χ0n) is 9.74. The number of carbonyl (C=O) groups excluding carboxylic acids is 1. The molecule has 0 saturated carbocycles. The monoisotopic (exact) mass is 238 g/mol. The molecule has 2 aromatic rings. The van der Waals surface area contributed by atoms with Gasteiger partial charge in [0.2, 0.25) is 6.41 Å². The first kappa shape index (κ1) is 10.8. The molecule has 0 N–H and O–H groups in total. The molecule has 1 radical (unpaired) electrons. The largest absolute Gasteiger partial charge is 0.457 e. The van der Waals surface area contributed by atoms with E-state index in [1.165, 1.54) is 4.90 Å². The van der Waals surface area contributed by atoms with Gasteiger partial charge in [-0.3, -0.25) is 4.79 Å². The zero-order valence-corrected chi connectivity index (χ0v) is 9.74. The first-order chi connectivity index (χ1) is 8.81. The molecule has 1 aliphatic heterocycles. The number of para-hydroxylation sites is 2. The van der Waals surface area contributed by atoms with E-state index in [1.54, 1.807) is 0 Å². The molecule has 0 aromatic heterocycles. The number of carbonyl (C=O) groups is 1. The van der Waals surface area contributed by atoms with Crippen molar-refractivity contribution in [3.8, 4) is 11.5 Å². The Labute approximate surface area is 106 Å². The Morgan fingerprint density at radius 2 is 1.50 bits per heavy atom. The molecule has 0 spiro atoms. The van der Waals surface area contributed by atoms with E-state index in [9.17, 15) is 4.79 Å². The highest BCUT2D eigenvalue weighted by molar-refractivity contribution is 5.58. The molecule has 2 aromatic carbocycles. The number of benzene rings is 2. The molecule has 0 aliphatic carbocycles. The summed E-state index contributed by atoms with van der Waals surface area (Å²) in [7, 11) is 3.79. The lowest BCUT2D eigenvalue weighted by atomic mass is 9.94. The van der Waals surface area contributed by atoms with Crippen molar-refractivity contribution in [2.75, 3.05) is 0 Å². The van der Waals surface area contributed by atoms with Crippen LogP contribution in [0.1, 0.15) is 17.2 Å². The van der Waals surface area contributed by atoms with Gasteiger partial charge in [-0.15, -0.1) is 0 Å². The van der Waals surface area contributed by atoms with E-state index >= 15 is 0 Å². The summed E-state index contributed by atoms with van der Waals surface area (Å²) in [5, 5.41) is 0. The maximum Gasteiger partial charge on any atom is 0.210 e. The maximum absolute atomic E-state index is 11.0. The summed E-state index contributed by atoms with van der Waals surface area (Å²) in [4.78, 5) is 12.5. The fraction of sp³-hybridized carbons (Fsp3) is 0.0667. The molecular weight excluding hydrogens is 226 g/mol. The molecule has 0 saturated heterocycles. The predicted octanol–water partition coefficient (Wildman–Crippen LogP) is 3.13. The minimum Gasteiger partial charge on any atom is -0.457 e. The van der Waals surface area contributed by atoms with Crippen molar-refractivity contribution in [3.63, 3.8) is 0 Å². The Balaban J connectivity index is 2.20. The average Bonchev–Trinajstić information content (AvgIpc) is 2.44. The number of hydrogen-bond donors (Lipinski definition) is 0. The van der Waals surface area contributed by atoms with Crippen molar-refractivity contribution in [2.45, 2.75) is 6.04 Å². The van der Waals surface area contributed by atoms with Crippen LogP contribution in [0.25, 0.3) is 0 Å². The molecule has 3 nitrogen and oxygen atoms in total. The molecular formula is C15H12NO2. The van der Waals surface area contributed by atoms with Gasteiger partial charge in [-0.1, -0.05) is 36.4 Å². The van der Waals surface area contributed by atoms with Gasteiger partial charge >= 0.3 is 0 Å². The summed E-state index contributed by atoms with van der Waals surface area (Å²) >= 11 is 0. The molecule has 89 valence electrons. The van der Waals surface area contributed by atoms with Crippen molar-refractivity contribution in [1.82, 2.24) is 4.90 Å². The van der Waals surface area contributed by atoms with E-state index in [2.05, 4.69) is 7.05 Å². The molecule has 1 aliphatic rings. The standard InChI is InChI=1S/C15H12NO2/c1-16(10-17)15-11-6-2-4-8-13(11)18-14-9-5-3-7-12(14)15/h2-10,15H,1H2. The molecule has 3 rings (SSSR count). The Hall–Kier alpha value is -2.29. The smallest absolute Gasteiger partial charge is 0.210 e. The van der Waals surface area contributed by atoms with Gasteiger partial charge in [0, 0.05) is 18.2 Å². The number of fused-ring (bicyclic) bond motifs is 2. The second-order valence-corrected chi connectivity index (χ2v) is 4.20. The highest BCUT2D eigenvalue weighted by Gasteiger charge is 2.29. The lowest BCUT2D eigenvalue weighted by Gasteiger charge is -2.32. The fourth-order valence-corrected chi connectivity index (χ4v) is 2.30.